The Kier molecular flexibility index (Phi) is 6.62. The lowest BCUT2D eigenvalue weighted by atomic mass is 10.3. The first-order valence-electron chi connectivity index (χ1n) is 8.30. The second-order valence-corrected chi connectivity index (χ2v) is 8.33. The molecule has 0 spiro atoms. The minimum absolute atomic E-state index is 0.0262. The standard InChI is InChI=1S/C16H17F3N4O3S2/c1-10(13(24)23-6-8-25-9-7-23)27-15-22-21-14(28-15)20-11-2-4-12(5-3-11)26-16(17,18)19/h2-5,10H,6-9H2,1H3,(H,20,21)/t10-/m1/s1. The molecular formula is C16H17F3N4O3S2. The predicted molar refractivity (Wildman–Crippen MR) is 99.0 cm³/mol. The summed E-state index contributed by atoms with van der Waals surface area (Å²) in [6.45, 7) is 4.07. The Morgan fingerprint density at radius 3 is 2.61 bits per heavy atom. The van der Waals surface area contributed by atoms with Crippen LogP contribution in [0.4, 0.5) is 24.0 Å². The third-order valence-electron chi connectivity index (χ3n) is 3.69. The summed E-state index contributed by atoms with van der Waals surface area (Å²) >= 11 is 2.57. The minimum Gasteiger partial charge on any atom is -0.406 e. The fourth-order valence-corrected chi connectivity index (χ4v) is 4.41. The van der Waals surface area contributed by atoms with Gasteiger partial charge in [-0.2, -0.15) is 0 Å². The van der Waals surface area contributed by atoms with Crippen molar-refractivity contribution in [3.8, 4) is 5.75 Å². The van der Waals surface area contributed by atoms with E-state index in [-0.39, 0.29) is 16.9 Å². The van der Waals surface area contributed by atoms with Crippen LogP contribution in [0.15, 0.2) is 28.6 Å². The van der Waals surface area contributed by atoms with Crippen molar-refractivity contribution in [3.05, 3.63) is 24.3 Å². The van der Waals surface area contributed by atoms with Crippen LogP contribution in [0.5, 0.6) is 5.75 Å². The van der Waals surface area contributed by atoms with Crippen LogP contribution in [0.25, 0.3) is 0 Å². The number of carbonyl (C=O) groups excluding carboxylic acids is 1. The summed E-state index contributed by atoms with van der Waals surface area (Å²) < 4.78 is 46.2. The van der Waals surface area contributed by atoms with Crippen molar-refractivity contribution in [1.29, 1.82) is 0 Å². The molecule has 152 valence electrons. The van der Waals surface area contributed by atoms with Crippen LogP contribution in [-0.4, -0.2) is 58.9 Å². The molecule has 1 amide bonds. The number of alkyl halides is 3. The molecule has 2 heterocycles. The molecule has 1 aliphatic heterocycles. The number of ether oxygens (including phenoxy) is 2. The van der Waals surface area contributed by atoms with Crippen molar-refractivity contribution in [2.75, 3.05) is 31.6 Å². The Balaban J connectivity index is 1.54. The van der Waals surface area contributed by atoms with Crippen molar-refractivity contribution in [2.45, 2.75) is 22.9 Å². The highest BCUT2D eigenvalue weighted by atomic mass is 32.2. The maximum atomic E-state index is 12.4. The molecular weight excluding hydrogens is 417 g/mol. The van der Waals surface area contributed by atoms with E-state index in [1.165, 1.54) is 47.4 Å². The van der Waals surface area contributed by atoms with Gasteiger partial charge in [0, 0.05) is 18.8 Å². The highest BCUT2D eigenvalue weighted by Crippen LogP contribution is 2.32. The summed E-state index contributed by atoms with van der Waals surface area (Å²) in [5, 5.41) is 11.2. The zero-order chi connectivity index (χ0) is 20.1. The number of nitrogens with one attached hydrogen (secondary N) is 1. The molecule has 2 aromatic rings. The largest absolute Gasteiger partial charge is 0.573 e. The number of nitrogens with zero attached hydrogens (tertiary/aromatic N) is 3. The van der Waals surface area contributed by atoms with E-state index in [1.807, 2.05) is 6.92 Å². The van der Waals surface area contributed by atoms with E-state index in [0.29, 0.717) is 41.5 Å². The second-order valence-electron chi connectivity index (χ2n) is 5.77. The van der Waals surface area contributed by atoms with Crippen LogP contribution in [0.3, 0.4) is 0 Å². The highest BCUT2D eigenvalue weighted by molar-refractivity contribution is 8.02. The Hall–Kier alpha value is -2.05. The molecule has 28 heavy (non-hydrogen) atoms. The zero-order valence-electron chi connectivity index (χ0n) is 14.7. The average molecular weight is 434 g/mol. The highest BCUT2D eigenvalue weighted by Gasteiger charge is 2.31. The number of aromatic nitrogens is 2. The van der Waals surface area contributed by atoms with Gasteiger partial charge in [0.05, 0.1) is 18.5 Å². The number of rotatable bonds is 6. The van der Waals surface area contributed by atoms with Crippen molar-refractivity contribution in [1.82, 2.24) is 15.1 Å². The number of hydrogen-bond donors (Lipinski definition) is 1. The van der Waals surface area contributed by atoms with E-state index >= 15 is 0 Å². The van der Waals surface area contributed by atoms with Crippen molar-refractivity contribution in [2.24, 2.45) is 0 Å². The smallest absolute Gasteiger partial charge is 0.406 e. The third kappa shape index (κ3) is 5.97. The third-order valence-corrected chi connectivity index (χ3v) is 5.70. The number of amides is 1. The van der Waals surface area contributed by atoms with E-state index in [1.54, 1.807) is 4.90 Å². The molecule has 1 fully saturated rings. The molecule has 3 rings (SSSR count). The SMILES string of the molecule is C[C@@H](Sc1nnc(Nc2ccc(OC(F)(F)F)cc2)s1)C(=O)N1CCOCC1. The number of halogens is 3. The number of hydrogen-bond acceptors (Lipinski definition) is 8. The summed E-state index contributed by atoms with van der Waals surface area (Å²) in [6, 6.07) is 5.30. The van der Waals surface area contributed by atoms with Gasteiger partial charge in [-0.3, -0.25) is 4.79 Å². The lowest BCUT2D eigenvalue weighted by Gasteiger charge is -2.28. The molecule has 1 aromatic carbocycles. The summed E-state index contributed by atoms with van der Waals surface area (Å²) in [7, 11) is 0. The number of carbonyl (C=O) groups is 1. The molecule has 12 heteroatoms. The van der Waals surface area contributed by atoms with E-state index in [0.717, 1.165) is 0 Å². The monoisotopic (exact) mass is 434 g/mol. The minimum atomic E-state index is -4.73. The topological polar surface area (TPSA) is 76.6 Å². The molecule has 1 atom stereocenters. The summed E-state index contributed by atoms with van der Waals surface area (Å²) in [5.74, 6) is -0.278. The molecule has 1 aliphatic rings. The quantitative estimate of drug-likeness (QED) is 0.697. The Labute approximate surface area is 167 Å². The summed E-state index contributed by atoms with van der Waals surface area (Å²) in [4.78, 5) is 14.2. The van der Waals surface area contributed by atoms with Gasteiger partial charge in [-0.15, -0.1) is 23.4 Å². The maximum Gasteiger partial charge on any atom is 0.573 e. The average Bonchev–Trinajstić information content (AvgIpc) is 3.09. The van der Waals surface area contributed by atoms with E-state index in [2.05, 4.69) is 20.3 Å². The van der Waals surface area contributed by atoms with Crippen LogP contribution >= 0.6 is 23.1 Å². The Morgan fingerprint density at radius 1 is 1.29 bits per heavy atom. The van der Waals surface area contributed by atoms with Gasteiger partial charge in [-0.05, 0) is 31.2 Å². The predicted octanol–water partition coefficient (Wildman–Crippen LogP) is 3.52. The van der Waals surface area contributed by atoms with Gasteiger partial charge in [0.25, 0.3) is 0 Å². The van der Waals surface area contributed by atoms with Gasteiger partial charge in [0.15, 0.2) is 4.34 Å². The number of anilines is 2. The van der Waals surface area contributed by atoms with Gasteiger partial charge in [0.1, 0.15) is 5.75 Å². The molecule has 1 N–H and O–H groups in total. The molecule has 0 unspecified atom stereocenters. The van der Waals surface area contributed by atoms with Gasteiger partial charge >= 0.3 is 6.36 Å². The number of morpholine rings is 1. The van der Waals surface area contributed by atoms with Crippen molar-refractivity contribution < 1.29 is 27.4 Å². The Bertz CT molecular complexity index is 795. The number of benzene rings is 1. The van der Waals surface area contributed by atoms with E-state index < -0.39 is 6.36 Å². The normalized spacial score (nSPS) is 15.9. The van der Waals surface area contributed by atoms with Crippen LogP contribution in [0, 0.1) is 0 Å². The van der Waals surface area contributed by atoms with Gasteiger partial charge in [-0.1, -0.05) is 23.1 Å². The van der Waals surface area contributed by atoms with Crippen LogP contribution in [0.2, 0.25) is 0 Å². The fraction of sp³-hybridized carbons (Fsp3) is 0.438. The molecule has 0 radical (unpaired) electrons. The maximum absolute atomic E-state index is 12.4. The molecule has 0 bridgehead atoms. The van der Waals surface area contributed by atoms with Crippen LogP contribution < -0.4 is 10.1 Å². The lowest BCUT2D eigenvalue weighted by Crippen LogP contribution is -2.44. The van der Waals surface area contributed by atoms with Gasteiger partial charge in [-0.25, -0.2) is 0 Å². The summed E-state index contributed by atoms with van der Waals surface area (Å²) in [5.41, 5.74) is 0.541. The summed E-state index contributed by atoms with van der Waals surface area (Å²) in [6.07, 6.45) is -4.73. The molecule has 0 saturated carbocycles. The van der Waals surface area contributed by atoms with Crippen molar-refractivity contribution in [3.63, 3.8) is 0 Å². The molecule has 1 aromatic heterocycles. The van der Waals surface area contributed by atoms with Gasteiger partial charge in [0.2, 0.25) is 11.0 Å². The molecule has 0 aliphatic carbocycles. The molecule has 7 nitrogen and oxygen atoms in total. The first-order chi connectivity index (χ1) is 13.3. The Morgan fingerprint density at radius 2 is 1.96 bits per heavy atom. The van der Waals surface area contributed by atoms with Crippen LogP contribution in [-0.2, 0) is 9.53 Å². The van der Waals surface area contributed by atoms with E-state index in [9.17, 15) is 18.0 Å². The van der Waals surface area contributed by atoms with Gasteiger partial charge < -0.3 is 19.7 Å². The van der Waals surface area contributed by atoms with Crippen LogP contribution in [0.1, 0.15) is 6.92 Å². The fourth-order valence-electron chi connectivity index (χ4n) is 2.41. The number of thioether (sulfide) groups is 1. The first kappa shape index (κ1) is 20.7. The lowest BCUT2D eigenvalue weighted by molar-refractivity contribution is -0.274. The van der Waals surface area contributed by atoms with Crippen molar-refractivity contribution >= 4 is 39.8 Å². The first-order valence-corrected chi connectivity index (χ1v) is 9.99. The zero-order valence-corrected chi connectivity index (χ0v) is 16.4. The second kappa shape index (κ2) is 8.97. The van der Waals surface area contributed by atoms with E-state index in [4.69, 9.17) is 4.74 Å². The molecule has 1 saturated heterocycles.